The van der Waals surface area contributed by atoms with E-state index < -0.39 is 0 Å². The molecule has 1 saturated heterocycles. The van der Waals surface area contributed by atoms with E-state index in [0.29, 0.717) is 6.04 Å². The molecule has 3 aliphatic rings. The van der Waals surface area contributed by atoms with Crippen molar-refractivity contribution in [2.24, 2.45) is 0 Å². The van der Waals surface area contributed by atoms with Crippen LogP contribution in [-0.2, 0) is 11.2 Å². The highest BCUT2D eigenvalue weighted by Crippen LogP contribution is 2.42. The van der Waals surface area contributed by atoms with Crippen LogP contribution in [-0.4, -0.2) is 37.9 Å². The van der Waals surface area contributed by atoms with Gasteiger partial charge in [0.1, 0.15) is 6.04 Å². The molecule has 1 aromatic heterocycles. The fourth-order valence-corrected chi connectivity index (χ4v) is 5.58. The van der Waals surface area contributed by atoms with Gasteiger partial charge >= 0.3 is 0 Å². The molecule has 2 atom stereocenters. The molecule has 0 bridgehead atoms. The summed E-state index contributed by atoms with van der Waals surface area (Å²) < 4.78 is 0. The number of hydrogen-bond acceptors (Lipinski definition) is 2. The summed E-state index contributed by atoms with van der Waals surface area (Å²) in [5.74, 6) is 0.222. The summed E-state index contributed by atoms with van der Waals surface area (Å²) in [6.45, 7) is 2.17. The first kappa shape index (κ1) is 15.4. The van der Waals surface area contributed by atoms with Gasteiger partial charge in [-0.2, -0.15) is 0 Å². The summed E-state index contributed by atoms with van der Waals surface area (Å²) in [5, 5.41) is 2.00. The Morgan fingerprint density at radius 2 is 1.92 bits per heavy atom. The van der Waals surface area contributed by atoms with Gasteiger partial charge in [0.05, 0.1) is 6.04 Å². The summed E-state index contributed by atoms with van der Waals surface area (Å²) in [6.07, 6.45) is 6.64. The maximum atomic E-state index is 13.2. The normalized spacial score (nSPS) is 27.1. The lowest BCUT2D eigenvalue weighted by molar-refractivity contribution is -0.130. The molecule has 25 heavy (non-hydrogen) atoms. The number of carbonyl (C=O) groups excluding carboxylic acids is 1. The number of rotatable bonds is 1. The smallest absolute Gasteiger partial charge is 0.252 e. The number of H-pyrrole nitrogens is 1. The quantitative estimate of drug-likeness (QED) is 0.790. The average molecular weight is 353 g/mol. The third-order valence-corrected chi connectivity index (χ3v) is 6.71. The lowest BCUT2D eigenvalue weighted by Gasteiger charge is -2.35. The van der Waals surface area contributed by atoms with Crippen LogP contribution in [0.4, 0.5) is 0 Å². The number of aromatic amines is 1. The van der Waals surface area contributed by atoms with Gasteiger partial charge in [-0.1, -0.05) is 37.5 Å². The van der Waals surface area contributed by atoms with E-state index in [4.69, 9.17) is 12.2 Å². The minimum Gasteiger partial charge on any atom is -0.356 e. The van der Waals surface area contributed by atoms with Crippen LogP contribution in [0.25, 0.3) is 10.9 Å². The Balaban J connectivity index is 1.55. The molecule has 2 unspecified atom stereocenters. The van der Waals surface area contributed by atoms with E-state index in [1.165, 1.54) is 35.9 Å². The Morgan fingerprint density at radius 1 is 1.16 bits per heavy atom. The first-order chi connectivity index (χ1) is 12.2. The fourth-order valence-electron chi connectivity index (χ4n) is 5.06. The topological polar surface area (TPSA) is 39.3 Å². The minimum atomic E-state index is -0.129. The largest absolute Gasteiger partial charge is 0.356 e. The van der Waals surface area contributed by atoms with Crippen molar-refractivity contribution in [2.75, 3.05) is 0 Å². The zero-order valence-corrected chi connectivity index (χ0v) is 15.3. The maximum Gasteiger partial charge on any atom is 0.252 e. The molecule has 5 heteroatoms. The summed E-state index contributed by atoms with van der Waals surface area (Å²) in [5.41, 5.74) is 3.67. The molecule has 1 saturated carbocycles. The van der Waals surface area contributed by atoms with E-state index in [1.807, 2.05) is 4.90 Å². The molecule has 2 fully saturated rings. The Bertz CT molecular complexity index is 867. The molecular weight excluding hydrogens is 330 g/mol. The standard InChI is InChI=1S/C20H23N3OS/c1-12-18-15(14-9-5-6-10-16(14)21-18)11-17-19(24)23(20(25)22(12)17)13-7-3-2-4-8-13/h5-6,9-10,12-13,17,21H,2-4,7-8,11H2,1H3. The van der Waals surface area contributed by atoms with Crippen molar-refractivity contribution in [3.8, 4) is 0 Å². The molecule has 130 valence electrons. The number of para-hydroxylation sites is 1. The van der Waals surface area contributed by atoms with Crippen molar-refractivity contribution >= 4 is 34.1 Å². The van der Waals surface area contributed by atoms with Gasteiger partial charge < -0.3 is 9.88 Å². The van der Waals surface area contributed by atoms with Crippen LogP contribution in [0, 0.1) is 0 Å². The first-order valence-electron chi connectivity index (χ1n) is 9.41. The second-order valence-electron chi connectivity index (χ2n) is 7.65. The van der Waals surface area contributed by atoms with Gasteiger partial charge in [0.15, 0.2) is 5.11 Å². The zero-order chi connectivity index (χ0) is 17.1. The van der Waals surface area contributed by atoms with Gasteiger partial charge in [-0.05, 0) is 43.6 Å². The first-order valence-corrected chi connectivity index (χ1v) is 9.82. The van der Waals surface area contributed by atoms with E-state index in [2.05, 4.69) is 41.1 Å². The monoisotopic (exact) mass is 353 g/mol. The second kappa shape index (κ2) is 5.56. The number of nitrogens with zero attached hydrogens (tertiary/aromatic N) is 2. The molecule has 1 N–H and O–H groups in total. The van der Waals surface area contributed by atoms with E-state index in [9.17, 15) is 4.79 Å². The predicted octanol–water partition coefficient (Wildman–Crippen LogP) is 3.92. The van der Waals surface area contributed by atoms with E-state index in [1.54, 1.807) is 0 Å². The van der Waals surface area contributed by atoms with Crippen LogP contribution in [0.3, 0.4) is 0 Å². The number of amides is 1. The van der Waals surface area contributed by atoms with Gasteiger partial charge in [0.2, 0.25) is 0 Å². The van der Waals surface area contributed by atoms with Crippen molar-refractivity contribution in [1.82, 2.24) is 14.8 Å². The van der Waals surface area contributed by atoms with Gasteiger partial charge in [0.25, 0.3) is 5.91 Å². The number of carbonyl (C=O) groups is 1. The summed E-state index contributed by atoms with van der Waals surface area (Å²) >= 11 is 5.80. The Hall–Kier alpha value is -1.88. The Labute approximate surface area is 153 Å². The molecule has 1 amide bonds. The van der Waals surface area contributed by atoms with E-state index in [0.717, 1.165) is 29.9 Å². The lowest BCUT2D eigenvalue weighted by Crippen LogP contribution is -2.43. The highest BCUT2D eigenvalue weighted by atomic mass is 32.1. The summed E-state index contributed by atoms with van der Waals surface area (Å²) in [7, 11) is 0. The lowest BCUT2D eigenvalue weighted by atomic mass is 9.92. The third-order valence-electron chi connectivity index (χ3n) is 6.30. The molecule has 0 radical (unpaired) electrons. The number of aromatic nitrogens is 1. The summed E-state index contributed by atoms with van der Waals surface area (Å²) in [4.78, 5) is 21.0. The number of thiocarbonyl (C=S) groups is 1. The number of nitrogens with one attached hydrogen (secondary N) is 1. The van der Waals surface area contributed by atoms with Crippen LogP contribution < -0.4 is 0 Å². The van der Waals surface area contributed by atoms with Crippen LogP contribution >= 0.6 is 12.2 Å². The molecule has 0 spiro atoms. The highest BCUT2D eigenvalue weighted by Gasteiger charge is 2.50. The van der Waals surface area contributed by atoms with Crippen LogP contribution in [0.15, 0.2) is 24.3 Å². The van der Waals surface area contributed by atoms with E-state index >= 15 is 0 Å². The van der Waals surface area contributed by atoms with Gasteiger partial charge in [-0.3, -0.25) is 9.69 Å². The SMILES string of the molecule is CC1c2[nH]c3ccccc3c2CC2C(=O)N(C3CCCCC3)C(=S)N21. The van der Waals surface area contributed by atoms with Crippen molar-refractivity contribution in [1.29, 1.82) is 0 Å². The Morgan fingerprint density at radius 3 is 2.72 bits per heavy atom. The minimum absolute atomic E-state index is 0.117. The highest BCUT2D eigenvalue weighted by molar-refractivity contribution is 7.80. The molecule has 1 aliphatic carbocycles. The Kier molecular flexibility index (Phi) is 3.42. The number of hydrogen-bond donors (Lipinski definition) is 1. The van der Waals surface area contributed by atoms with Crippen LogP contribution in [0.1, 0.15) is 56.3 Å². The molecule has 2 aromatic rings. The molecule has 1 aromatic carbocycles. The fraction of sp³-hybridized carbons (Fsp3) is 0.500. The third kappa shape index (κ3) is 2.11. The van der Waals surface area contributed by atoms with Crippen molar-refractivity contribution in [2.45, 2.75) is 63.6 Å². The maximum absolute atomic E-state index is 13.2. The zero-order valence-electron chi connectivity index (χ0n) is 14.5. The van der Waals surface area contributed by atoms with Gasteiger partial charge in [-0.15, -0.1) is 0 Å². The second-order valence-corrected chi connectivity index (χ2v) is 8.01. The van der Waals surface area contributed by atoms with Crippen molar-refractivity contribution < 1.29 is 4.79 Å². The molecule has 2 aliphatic heterocycles. The van der Waals surface area contributed by atoms with Crippen molar-refractivity contribution in [3.05, 3.63) is 35.5 Å². The molecule has 5 rings (SSSR count). The molecular formula is C20H23N3OS. The predicted molar refractivity (Wildman–Crippen MR) is 102 cm³/mol. The van der Waals surface area contributed by atoms with Crippen LogP contribution in [0.2, 0.25) is 0 Å². The van der Waals surface area contributed by atoms with Crippen LogP contribution in [0.5, 0.6) is 0 Å². The summed E-state index contributed by atoms with van der Waals surface area (Å²) in [6, 6.07) is 8.69. The van der Waals surface area contributed by atoms with E-state index in [-0.39, 0.29) is 18.0 Å². The molecule has 4 nitrogen and oxygen atoms in total. The number of benzene rings is 1. The number of fused-ring (bicyclic) bond motifs is 4. The van der Waals surface area contributed by atoms with Crippen molar-refractivity contribution in [3.63, 3.8) is 0 Å². The van der Waals surface area contributed by atoms with Gasteiger partial charge in [-0.25, -0.2) is 0 Å². The van der Waals surface area contributed by atoms with Gasteiger partial charge in [0, 0.05) is 29.1 Å². The average Bonchev–Trinajstić information content (AvgIpc) is 3.13. The molecule has 3 heterocycles.